The molecule has 0 amide bonds. The predicted octanol–water partition coefficient (Wildman–Crippen LogP) is 4.89. The van der Waals surface area contributed by atoms with Crippen molar-refractivity contribution in [2.45, 2.75) is 64.5 Å². The Morgan fingerprint density at radius 1 is 1.09 bits per heavy atom. The van der Waals surface area contributed by atoms with E-state index in [2.05, 4.69) is 17.2 Å². The zero-order valence-corrected chi connectivity index (χ0v) is 19.8. The molecule has 8 heteroatoms. The quantitative estimate of drug-likeness (QED) is 0.581. The molecule has 5 rings (SSSR count). The lowest BCUT2D eigenvalue weighted by Crippen LogP contribution is -2.30. The average Bonchev–Trinajstić information content (AvgIpc) is 3.20. The van der Waals surface area contributed by atoms with E-state index in [0.29, 0.717) is 47.8 Å². The summed E-state index contributed by atoms with van der Waals surface area (Å²) in [6, 6.07) is 7.00. The Balaban J connectivity index is 1.55. The number of imidazole rings is 1. The van der Waals surface area contributed by atoms with Gasteiger partial charge in [-0.1, -0.05) is 6.92 Å². The van der Waals surface area contributed by atoms with Crippen molar-refractivity contribution >= 4 is 5.95 Å². The Morgan fingerprint density at radius 3 is 2.59 bits per heavy atom. The lowest BCUT2D eigenvalue weighted by molar-refractivity contribution is 0.0686. The molecule has 2 aromatic heterocycles. The standard InChI is InChI=1S/C26H32FN5O2/c1-17-3-5-19(6-4-17)29-25-28-12-9-23(30-25)24-16-31(20-10-13-34-14-11-20)26(33)32(24)21-7-8-22(27)18(2)15-21/h7-9,12,15-17,19-20H,3-6,10-11,13-14H2,1-2H3,(H,28,29,30). The molecule has 1 aliphatic carbocycles. The number of ether oxygens (including phenoxy) is 1. The fourth-order valence-electron chi connectivity index (χ4n) is 5.04. The first-order chi connectivity index (χ1) is 16.5. The van der Waals surface area contributed by atoms with Crippen LogP contribution in [-0.2, 0) is 4.74 Å². The monoisotopic (exact) mass is 465 g/mol. The molecular formula is C26H32FN5O2. The van der Waals surface area contributed by atoms with Crippen molar-refractivity contribution in [2.24, 2.45) is 5.92 Å². The smallest absolute Gasteiger partial charge is 0.333 e. The molecule has 1 saturated heterocycles. The fraction of sp³-hybridized carbons (Fsp3) is 0.500. The Kier molecular flexibility index (Phi) is 6.50. The molecule has 2 aliphatic rings. The molecule has 3 heterocycles. The number of halogens is 1. The van der Waals surface area contributed by atoms with Gasteiger partial charge in [0.05, 0.1) is 17.1 Å². The number of nitrogens with zero attached hydrogens (tertiary/aromatic N) is 4. The topological polar surface area (TPSA) is 74.0 Å². The van der Waals surface area contributed by atoms with Crippen LogP contribution in [0.1, 0.15) is 57.1 Å². The van der Waals surface area contributed by atoms with Crippen molar-refractivity contribution in [3.05, 3.63) is 58.5 Å². The molecule has 2 fully saturated rings. The first kappa shape index (κ1) is 22.8. The fourth-order valence-corrected chi connectivity index (χ4v) is 5.04. The number of anilines is 1. The van der Waals surface area contributed by atoms with Gasteiger partial charge in [-0.25, -0.2) is 19.2 Å². The largest absolute Gasteiger partial charge is 0.381 e. The number of aryl methyl sites for hydroxylation is 1. The summed E-state index contributed by atoms with van der Waals surface area (Å²) in [5.74, 6) is 1.05. The molecule has 180 valence electrons. The van der Waals surface area contributed by atoms with Gasteiger partial charge in [-0.15, -0.1) is 0 Å². The van der Waals surface area contributed by atoms with Gasteiger partial charge >= 0.3 is 5.69 Å². The minimum Gasteiger partial charge on any atom is -0.381 e. The van der Waals surface area contributed by atoms with Gasteiger partial charge in [-0.3, -0.25) is 9.13 Å². The highest BCUT2D eigenvalue weighted by Crippen LogP contribution is 2.28. The van der Waals surface area contributed by atoms with Gasteiger partial charge in [-0.05, 0) is 81.2 Å². The number of nitrogens with one attached hydrogen (secondary N) is 1. The molecule has 0 atom stereocenters. The van der Waals surface area contributed by atoms with E-state index in [1.165, 1.54) is 18.9 Å². The van der Waals surface area contributed by atoms with E-state index in [0.717, 1.165) is 31.6 Å². The zero-order valence-electron chi connectivity index (χ0n) is 19.8. The van der Waals surface area contributed by atoms with E-state index in [-0.39, 0.29) is 17.5 Å². The molecule has 0 spiro atoms. The van der Waals surface area contributed by atoms with Crippen molar-refractivity contribution in [3.63, 3.8) is 0 Å². The zero-order chi connectivity index (χ0) is 23.7. The minimum absolute atomic E-state index is 0.0615. The van der Waals surface area contributed by atoms with Crippen LogP contribution >= 0.6 is 0 Å². The molecule has 1 aliphatic heterocycles. The Hall–Kier alpha value is -3.00. The summed E-state index contributed by atoms with van der Waals surface area (Å²) in [6.07, 6.45) is 9.79. The highest BCUT2D eigenvalue weighted by atomic mass is 19.1. The van der Waals surface area contributed by atoms with E-state index >= 15 is 0 Å². The lowest BCUT2D eigenvalue weighted by Gasteiger charge is -2.26. The molecule has 1 N–H and O–H groups in total. The van der Waals surface area contributed by atoms with Gasteiger partial charge in [0.1, 0.15) is 5.82 Å². The number of benzene rings is 1. The lowest BCUT2D eigenvalue weighted by atomic mass is 9.87. The van der Waals surface area contributed by atoms with E-state index in [9.17, 15) is 9.18 Å². The number of rotatable bonds is 5. The van der Waals surface area contributed by atoms with Crippen LogP contribution in [0.3, 0.4) is 0 Å². The molecule has 34 heavy (non-hydrogen) atoms. The van der Waals surface area contributed by atoms with Crippen molar-refractivity contribution in [1.29, 1.82) is 0 Å². The van der Waals surface area contributed by atoms with Crippen LogP contribution in [0.15, 0.2) is 41.5 Å². The molecule has 3 aromatic rings. The Morgan fingerprint density at radius 2 is 1.85 bits per heavy atom. The van der Waals surface area contributed by atoms with Crippen LogP contribution in [0.4, 0.5) is 10.3 Å². The first-order valence-corrected chi connectivity index (χ1v) is 12.3. The highest BCUT2D eigenvalue weighted by Gasteiger charge is 2.24. The molecule has 7 nitrogen and oxygen atoms in total. The third-order valence-corrected chi connectivity index (χ3v) is 7.17. The number of hydrogen-bond donors (Lipinski definition) is 1. The SMILES string of the molecule is Cc1cc(-n2c(-c3ccnc(NC4CCC(C)CC4)n3)cn(C3CCOCC3)c2=O)ccc1F. The van der Waals surface area contributed by atoms with E-state index in [4.69, 9.17) is 9.72 Å². The second kappa shape index (κ2) is 9.70. The summed E-state index contributed by atoms with van der Waals surface area (Å²) in [5.41, 5.74) is 2.30. The van der Waals surface area contributed by atoms with Gasteiger partial charge in [0, 0.05) is 37.7 Å². The number of aromatic nitrogens is 4. The maximum atomic E-state index is 14.0. The number of hydrogen-bond acceptors (Lipinski definition) is 5. The third kappa shape index (κ3) is 4.64. The normalized spacial score (nSPS) is 21.5. The summed E-state index contributed by atoms with van der Waals surface area (Å²) in [6.45, 7) is 5.27. The van der Waals surface area contributed by atoms with Crippen LogP contribution in [0.25, 0.3) is 17.1 Å². The van der Waals surface area contributed by atoms with Crippen molar-refractivity contribution in [2.75, 3.05) is 18.5 Å². The highest BCUT2D eigenvalue weighted by molar-refractivity contribution is 5.59. The summed E-state index contributed by atoms with van der Waals surface area (Å²) in [4.78, 5) is 22.9. The van der Waals surface area contributed by atoms with Gasteiger partial charge in [0.15, 0.2) is 0 Å². The second-order valence-electron chi connectivity index (χ2n) is 9.68. The van der Waals surface area contributed by atoms with Crippen molar-refractivity contribution in [1.82, 2.24) is 19.1 Å². The van der Waals surface area contributed by atoms with E-state index in [1.807, 2.05) is 12.3 Å². The van der Waals surface area contributed by atoms with Crippen molar-refractivity contribution in [3.8, 4) is 17.1 Å². The summed E-state index contributed by atoms with van der Waals surface area (Å²) < 4.78 is 22.9. The summed E-state index contributed by atoms with van der Waals surface area (Å²) in [7, 11) is 0. The van der Waals surface area contributed by atoms with Crippen molar-refractivity contribution < 1.29 is 9.13 Å². The van der Waals surface area contributed by atoms with Crippen LogP contribution in [0.2, 0.25) is 0 Å². The summed E-state index contributed by atoms with van der Waals surface area (Å²) >= 11 is 0. The molecule has 1 saturated carbocycles. The molecule has 0 unspecified atom stereocenters. The third-order valence-electron chi connectivity index (χ3n) is 7.17. The van der Waals surface area contributed by atoms with Gasteiger partial charge < -0.3 is 10.1 Å². The second-order valence-corrected chi connectivity index (χ2v) is 9.68. The molecular weight excluding hydrogens is 433 g/mol. The Labute approximate surface area is 199 Å². The van der Waals surface area contributed by atoms with Crippen LogP contribution in [-0.4, -0.2) is 38.4 Å². The summed E-state index contributed by atoms with van der Waals surface area (Å²) in [5, 5.41) is 3.49. The van der Waals surface area contributed by atoms with E-state index in [1.54, 1.807) is 34.4 Å². The van der Waals surface area contributed by atoms with Gasteiger partial charge in [0.25, 0.3) is 0 Å². The predicted molar refractivity (Wildman–Crippen MR) is 130 cm³/mol. The van der Waals surface area contributed by atoms with Crippen LogP contribution in [0, 0.1) is 18.7 Å². The van der Waals surface area contributed by atoms with E-state index < -0.39 is 0 Å². The van der Waals surface area contributed by atoms with Crippen LogP contribution in [0.5, 0.6) is 0 Å². The van der Waals surface area contributed by atoms with Gasteiger partial charge in [0.2, 0.25) is 5.95 Å². The maximum Gasteiger partial charge on any atom is 0.333 e. The minimum atomic E-state index is -0.294. The maximum absolute atomic E-state index is 14.0. The Bertz CT molecular complexity index is 1210. The molecule has 0 bridgehead atoms. The average molecular weight is 466 g/mol. The molecule has 0 radical (unpaired) electrons. The first-order valence-electron chi connectivity index (χ1n) is 12.3. The van der Waals surface area contributed by atoms with Gasteiger partial charge in [-0.2, -0.15) is 0 Å². The molecule has 1 aromatic carbocycles. The van der Waals surface area contributed by atoms with Crippen LogP contribution < -0.4 is 11.0 Å².